The number of ether oxygens (including phenoxy) is 2. The van der Waals surface area contributed by atoms with Crippen molar-refractivity contribution in [2.24, 2.45) is 0 Å². The Bertz CT molecular complexity index is 1380. The smallest absolute Gasteiger partial charge is 0.329 e. The Morgan fingerprint density at radius 2 is 1.91 bits per heavy atom. The van der Waals surface area contributed by atoms with E-state index >= 15 is 0 Å². The summed E-state index contributed by atoms with van der Waals surface area (Å²) in [5.41, 5.74) is 6.54. The van der Waals surface area contributed by atoms with Crippen molar-refractivity contribution in [2.75, 3.05) is 26.5 Å². The zero-order valence-electron chi connectivity index (χ0n) is 19.6. The standard InChI is InChI=1S/C25H25N5O5/c1-5-20(31)30-13-17(11-25(30,2)24(32)33)29-12-16(21-22(26)27-14-28-23(21)29)7-6-15-8-18(34-3)10-19(9-15)35-4/h5,8-10,12,14,17H,1,11,13H2,2-4H3,(H,32,33)(H2,26,27,28)/t17-,25-/m0/s1. The number of hydrogen-bond donors (Lipinski definition) is 2. The zero-order chi connectivity index (χ0) is 25.3. The average Bonchev–Trinajstić information content (AvgIpc) is 3.41. The molecule has 3 heterocycles. The quantitative estimate of drug-likeness (QED) is 0.424. The van der Waals surface area contributed by atoms with Crippen molar-refractivity contribution in [3.05, 3.63) is 54.5 Å². The van der Waals surface area contributed by atoms with Crippen LogP contribution in [0, 0.1) is 11.8 Å². The highest BCUT2D eigenvalue weighted by molar-refractivity contribution is 5.94. The number of aromatic nitrogens is 3. The number of nitrogens with two attached hydrogens (primary N) is 1. The number of carboxylic acids is 1. The van der Waals surface area contributed by atoms with Gasteiger partial charge in [0.1, 0.15) is 34.8 Å². The van der Waals surface area contributed by atoms with Crippen molar-refractivity contribution < 1.29 is 24.2 Å². The number of benzene rings is 1. The van der Waals surface area contributed by atoms with Gasteiger partial charge in [-0.15, -0.1) is 0 Å². The van der Waals surface area contributed by atoms with Gasteiger partial charge in [0, 0.05) is 30.8 Å². The van der Waals surface area contributed by atoms with Crippen molar-refractivity contribution in [3.63, 3.8) is 0 Å². The number of likely N-dealkylation sites (tertiary alicyclic amines) is 1. The molecule has 1 aliphatic rings. The van der Waals surface area contributed by atoms with Crippen LogP contribution in [0.5, 0.6) is 11.5 Å². The van der Waals surface area contributed by atoms with Crippen LogP contribution < -0.4 is 15.2 Å². The number of carbonyl (C=O) groups excluding carboxylic acids is 1. The number of anilines is 1. The third-order valence-electron chi connectivity index (χ3n) is 6.25. The Morgan fingerprint density at radius 1 is 1.23 bits per heavy atom. The van der Waals surface area contributed by atoms with Crippen LogP contribution in [-0.4, -0.2) is 62.7 Å². The number of amides is 1. The molecular formula is C25H25N5O5. The third-order valence-corrected chi connectivity index (χ3v) is 6.25. The van der Waals surface area contributed by atoms with Gasteiger partial charge in [-0.25, -0.2) is 14.8 Å². The van der Waals surface area contributed by atoms with Crippen molar-refractivity contribution in [1.82, 2.24) is 19.4 Å². The number of carbonyl (C=O) groups is 2. The van der Waals surface area contributed by atoms with E-state index in [1.165, 1.54) is 18.2 Å². The summed E-state index contributed by atoms with van der Waals surface area (Å²) < 4.78 is 12.4. The lowest BCUT2D eigenvalue weighted by Crippen LogP contribution is -2.50. The van der Waals surface area contributed by atoms with E-state index in [1.54, 1.807) is 38.6 Å². The SMILES string of the molecule is C=CC(=O)N1C[C@@H](n2cc(C#Cc3cc(OC)cc(OC)c3)c3c(N)ncnc32)C[C@@]1(C)C(=O)O. The molecule has 0 bridgehead atoms. The lowest BCUT2D eigenvalue weighted by Gasteiger charge is -2.29. The molecule has 10 heteroatoms. The third kappa shape index (κ3) is 4.12. The van der Waals surface area contributed by atoms with Crippen molar-refractivity contribution in [1.29, 1.82) is 0 Å². The fraction of sp³-hybridized carbons (Fsp3) is 0.280. The van der Waals surface area contributed by atoms with E-state index in [-0.39, 0.29) is 24.8 Å². The van der Waals surface area contributed by atoms with Crippen LogP contribution in [0.25, 0.3) is 11.0 Å². The van der Waals surface area contributed by atoms with Crippen molar-refractivity contribution in [3.8, 4) is 23.3 Å². The van der Waals surface area contributed by atoms with Crippen LogP contribution >= 0.6 is 0 Å². The van der Waals surface area contributed by atoms with E-state index in [0.29, 0.717) is 33.7 Å². The minimum Gasteiger partial charge on any atom is -0.497 e. The summed E-state index contributed by atoms with van der Waals surface area (Å²) in [6.07, 6.45) is 4.41. The summed E-state index contributed by atoms with van der Waals surface area (Å²) in [5, 5.41) is 10.4. The highest BCUT2D eigenvalue weighted by Gasteiger charge is 2.50. The monoisotopic (exact) mass is 475 g/mol. The van der Waals surface area contributed by atoms with Crippen molar-refractivity contribution >= 4 is 28.7 Å². The second-order valence-electron chi connectivity index (χ2n) is 8.35. The molecule has 0 unspecified atom stereocenters. The molecule has 0 radical (unpaired) electrons. The topological polar surface area (TPSA) is 133 Å². The Morgan fingerprint density at radius 3 is 2.51 bits per heavy atom. The molecule has 2 aromatic heterocycles. The summed E-state index contributed by atoms with van der Waals surface area (Å²) in [7, 11) is 3.12. The number of rotatable bonds is 5. The molecule has 1 aliphatic heterocycles. The maximum absolute atomic E-state index is 12.4. The minimum absolute atomic E-state index is 0.168. The number of fused-ring (bicyclic) bond motifs is 1. The van der Waals surface area contributed by atoms with Gasteiger partial charge in [-0.05, 0) is 25.1 Å². The molecule has 0 spiro atoms. The number of nitrogen functional groups attached to an aromatic ring is 1. The molecular weight excluding hydrogens is 450 g/mol. The molecule has 3 N–H and O–H groups in total. The first-order chi connectivity index (χ1) is 16.7. The van der Waals surface area contributed by atoms with E-state index in [9.17, 15) is 14.7 Å². The van der Waals surface area contributed by atoms with Gasteiger partial charge < -0.3 is 29.8 Å². The van der Waals surface area contributed by atoms with Gasteiger partial charge >= 0.3 is 5.97 Å². The molecule has 35 heavy (non-hydrogen) atoms. The van der Waals surface area contributed by atoms with Crippen LogP contribution in [0.4, 0.5) is 5.82 Å². The molecule has 1 amide bonds. The van der Waals surface area contributed by atoms with Gasteiger partial charge in [0.2, 0.25) is 5.91 Å². The van der Waals surface area contributed by atoms with Gasteiger partial charge in [-0.2, -0.15) is 0 Å². The van der Waals surface area contributed by atoms with Crippen LogP contribution in [-0.2, 0) is 9.59 Å². The second kappa shape index (κ2) is 9.02. The zero-order valence-corrected chi connectivity index (χ0v) is 19.6. The first-order valence-corrected chi connectivity index (χ1v) is 10.8. The lowest BCUT2D eigenvalue weighted by molar-refractivity contribution is -0.153. The molecule has 3 aromatic rings. The largest absolute Gasteiger partial charge is 0.497 e. The van der Waals surface area contributed by atoms with Gasteiger partial charge in [-0.3, -0.25) is 4.79 Å². The van der Waals surface area contributed by atoms with Gasteiger partial charge in [0.05, 0.1) is 31.2 Å². The summed E-state index contributed by atoms with van der Waals surface area (Å²) >= 11 is 0. The van der Waals surface area contributed by atoms with Gasteiger partial charge in [0.25, 0.3) is 0 Å². The lowest BCUT2D eigenvalue weighted by atomic mass is 9.97. The highest BCUT2D eigenvalue weighted by Crippen LogP contribution is 2.39. The Balaban J connectivity index is 1.81. The maximum atomic E-state index is 12.4. The fourth-order valence-corrected chi connectivity index (χ4v) is 4.38. The van der Waals surface area contributed by atoms with E-state index in [0.717, 1.165) is 6.08 Å². The minimum atomic E-state index is -1.39. The molecule has 2 atom stereocenters. The maximum Gasteiger partial charge on any atom is 0.329 e. The fourth-order valence-electron chi connectivity index (χ4n) is 4.38. The van der Waals surface area contributed by atoms with E-state index < -0.39 is 17.4 Å². The predicted molar refractivity (Wildman–Crippen MR) is 129 cm³/mol. The number of carboxylic acid groups (broad SMARTS) is 1. The van der Waals surface area contributed by atoms with Crippen LogP contribution in [0.1, 0.15) is 30.5 Å². The molecule has 10 nitrogen and oxygen atoms in total. The van der Waals surface area contributed by atoms with E-state index in [4.69, 9.17) is 15.2 Å². The van der Waals surface area contributed by atoms with Crippen LogP contribution in [0.2, 0.25) is 0 Å². The van der Waals surface area contributed by atoms with Gasteiger partial charge in [-0.1, -0.05) is 18.4 Å². The number of nitrogens with zero attached hydrogens (tertiary/aromatic N) is 4. The summed E-state index contributed by atoms with van der Waals surface area (Å²) in [6, 6.07) is 4.94. The molecule has 0 aliphatic carbocycles. The number of hydrogen-bond acceptors (Lipinski definition) is 7. The molecule has 1 saturated heterocycles. The Labute approximate surface area is 202 Å². The van der Waals surface area contributed by atoms with Crippen LogP contribution in [0.15, 0.2) is 43.4 Å². The van der Waals surface area contributed by atoms with E-state index in [1.807, 2.05) is 4.57 Å². The molecule has 0 saturated carbocycles. The summed E-state index contributed by atoms with van der Waals surface area (Å²) in [6.45, 7) is 5.21. The van der Waals surface area contributed by atoms with E-state index in [2.05, 4.69) is 28.4 Å². The normalized spacial score (nSPS) is 19.2. The molecule has 1 aromatic carbocycles. The Hall–Kier alpha value is -4.52. The average molecular weight is 476 g/mol. The first kappa shape index (κ1) is 23.6. The molecule has 4 rings (SSSR count). The van der Waals surface area contributed by atoms with Crippen molar-refractivity contribution in [2.45, 2.75) is 24.9 Å². The molecule has 1 fully saturated rings. The van der Waals surface area contributed by atoms with Crippen LogP contribution in [0.3, 0.4) is 0 Å². The first-order valence-electron chi connectivity index (χ1n) is 10.8. The summed E-state index contributed by atoms with van der Waals surface area (Å²) in [5.74, 6) is 6.14. The Kier molecular flexibility index (Phi) is 6.09. The number of aliphatic carboxylic acids is 1. The second-order valence-corrected chi connectivity index (χ2v) is 8.35. The van der Waals surface area contributed by atoms with Gasteiger partial charge in [0.15, 0.2) is 0 Å². The number of methoxy groups -OCH3 is 2. The summed E-state index contributed by atoms with van der Waals surface area (Å²) in [4.78, 5) is 34.4. The predicted octanol–water partition coefficient (Wildman–Crippen LogP) is 2.23. The molecule has 180 valence electrons. The highest BCUT2D eigenvalue weighted by atomic mass is 16.5.